The second kappa shape index (κ2) is 4.94. The van der Waals surface area contributed by atoms with Crippen molar-refractivity contribution in [3.05, 3.63) is 40.7 Å². The van der Waals surface area contributed by atoms with E-state index in [0.29, 0.717) is 22.7 Å². The van der Waals surface area contributed by atoms with Gasteiger partial charge in [-0.1, -0.05) is 0 Å². The smallest absolute Gasteiger partial charge is 0.283 e. The molecule has 0 atom stereocenters. The predicted octanol–water partition coefficient (Wildman–Crippen LogP) is 2.36. The molecule has 0 saturated carbocycles. The van der Waals surface area contributed by atoms with Crippen LogP contribution in [0.2, 0.25) is 0 Å². The van der Waals surface area contributed by atoms with Crippen LogP contribution >= 0.6 is 0 Å². The summed E-state index contributed by atoms with van der Waals surface area (Å²) in [6, 6.07) is 5.09. The summed E-state index contributed by atoms with van der Waals surface area (Å²) in [5.41, 5.74) is 2.68. The summed E-state index contributed by atoms with van der Waals surface area (Å²) in [6.07, 6.45) is 0. The van der Waals surface area contributed by atoms with Crippen molar-refractivity contribution < 1.29 is 13.2 Å². The number of hydrogen-bond donors (Lipinski definition) is 0. The highest BCUT2D eigenvalue weighted by molar-refractivity contribution is 7.90. The third kappa shape index (κ3) is 2.31. The van der Waals surface area contributed by atoms with Crippen molar-refractivity contribution in [2.45, 2.75) is 32.6 Å². The van der Waals surface area contributed by atoms with E-state index >= 15 is 0 Å². The minimum Gasteiger partial charge on any atom is -0.496 e. The fraction of sp³-hybridized carbons (Fsp3) is 0.357. The van der Waals surface area contributed by atoms with Crippen molar-refractivity contribution in [1.29, 1.82) is 0 Å². The van der Waals surface area contributed by atoms with Crippen molar-refractivity contribution in [3.63, 3.8) is 0 Å². The Bertz CT molecular complexity index is 761. The van der Waals surface area contributed by atoms with Gasteiger partial charge in [0, 0.05) is 0 Å². The number of benzene rings is 1. The first-order chi connectivity index (χ1) is 9.27. The van der Waals surface area contributed by atoms with E-state index in [4.69, 9.17) is 4.74 Å². The zero-order valence-corrected chi connectivity index (χ0v) is 13.1. The van der Waals surface area contributed by atoms with Gasteiger partial charge in [0.2, 0.25) is 0 Å². The Labute approximate surface area is 119 Å². The van der Waals surface area contributed by atoms with E-state index in [-0.39, 0.29) is 4.90 Å². The summed E-state index contributed by atoms with van der Waals surface area (Å²) in [5.74, 6) is 0.676. The van der Waals surface area contributed by atoms with Crippen LogP contribution in [0, 0.1) is 27.7 Å². The van der Waals surface area contributed by atoms with Gasteiger partial charge >= 0.3 is 0 Å². The van der Waals surface area contributed by atoms with Gasteiger partial charge in [0.25, 0.3) is 10.0 Å². The third-order valence-corrected chi connectivity index (χ3v) is 4.99. The average Bonchev–Trinajstić information content (AvgIpc) is 2.71. The van der Waals surface area contributed by atoms with Gasteiger partial charge in [-0.3, -0.25) is 0 Å². The van der Waals surface area contributed by atoms with Crippen molar-refractivity contribution in [3.8, 4) is 5.75 Å². The van der Waals surface area contributed by atoms with E-state index in [1.807, 2.05) is 6.92 Å². The molecule has 2 rings (SSSR count). The van der Waals surface area contributed by atoms with Crippen molar-refractivity contribution in [2.24, 2.45) is 0 Å². The molecule has 1 heterocycles. The molecule has 6 heteroatoms. The highest BCUT2D eigenvalue weighted by Gasteiger charge is 2.23. The van der Waals surface area contributed by atoms with Crippen molar-refractivity contribution in [2.75, 3.05) is 7.11 Å². The molecule has 0 aliphatic rings. The predicted molar refractivity (Wildman–Crippen MR) is 76.8 cm³/mol. The molecular formula is C14H18N2O3S. The first kappa shape index (κ1) is 14.6. The van der Waals surface area contributed by atoms with Crippen LogP contribution in [-0.4, -0.2) is 24.7 Å². The summed E-state index contributed by atoms with van der Waals surface area (Å²) in [5, 5.41) is 4.07. The standard InChI is InChI=1S/C14H18N2O3S/c1-9-7-14(10(2)6-13(9)19-5)20(17,18)16-12(4)8-11(3)15-16/h6-8H,1-5H3. The van der Waals surface area contributed by atoms with E-state index in [1.165, 1.54) is 0 Å². The number of rotatable bonds is 3. The molecule has 0 bridgehead atoms. The van der Waals surface area contributed by atoms with E-state index < -0.39 is 10.0 Å². The minimum absolute atomic E-state index is 0.252. The van der Waals surface area contributed by atoms with Gasteiger partial charge in [0.15, 0.2) is 0 Å². The number of aryl methyl sites for hydroxylation is 4. The molecular weight excluding hydrogens is 276 g/mol. The van der Waals surface area contributed by atoms with Gasteiger partial charge in [0.05, 0.1) is 23.4 Å². The van der Waals surface area contributed by atoms with Gasteiger partial charge in [-0.2, -0.15) is 17.6 Å². The SMILES string of the molecule is COc1cc(C)c(S(=O)(=O)n2nc(C)cc2C)cc1C. The summed E-state index contributed by atoms with van der Waals surface area (Å²) in [6.45, 7) is 7.06. The molecule has 0 radical (unpaired) electrons. The highest BCUT2D eigenvalue weighted by atomic mass is 32.2. The molecule has 108 valence electrons. The largest absolute Gasteiger partial charge is 0.496 e. The molecule has 0 aliphatic heterocycles. The number of aromatic nitrogens is 2. The van der Waals surface area contributed by atoms with E-state index in [2.05, 4.69) is 5.10 Å². The lowest BCUT2D eigenvalue weighted by Gasteiger charge is -2.12. The normalized spacial score (nSPS) is 11.7. The van der Waals surface area contributed by atoms with E-state index in [9.17, 15) is 8.42 Å². The number of ether oxygens (including phenoxy) is 1. The maximum atomic E-state index is 12.7. The lowest BCUT2D eigenvalue weighted by Crippen LogP contribution is -2.17. The van der Waals surface area contributed by atoms with Crippen LogP contribution in [0.3, 0.4) is 0 Å². The summed E-state index contributed by atoms with van der Waals surface area (Å²) >= 11 is 0. The molecule has 1 aromatic carbocycles. The van der Waals surface area contributed by atoms with E-state index in [1.54, 1.807) is 46.1 Å². The van der Waals surface area contributed by atoms with Crippen LogP contribution in [0.15, 0.2) is 23.1 Å². The Morgan fingerprint density at radius 1 is 1.05 bits per heavy atom. The molecule has 1 aromatic heterocycles. The third-order valence-electron chi connectivity index (χ3n) is 3.17. The Hall–Kier alpha value is -1.82. The van der Waals surface area contributed by atoms with Gasteiger partial charge in [-0.05, 0) is 57.0 Å². The van der Waals surface area contributed by atoms with Crippen LogP contribution in [0.4, 0.5) is 0 Å². The Kier molecular flexibility index (Phi) is 3.60. The van der Waals surface area contributed by atoms with Crippen LogP contribution in [0.1, 0.15) is 22.5 Å². The maximum absolute atomic E-state index is 12.7. The second-order valence-corrected chi connectivity index (χ2v) is 6.60. The Balaban J connectivity index is 2.67. The zero-order chi connectivity index (χ0) is 15.1. The number of hydrogen-bond acceptors (Lipinski definition) is 4. The van der Waals surface area contributed by atoms with Crippen molar-refractivity contribution >= 4 is 10.0 Å². The number of nitrogens with zero attached hydrogens (tertiary/aromatic N) is 2. The van der Waals surface area contributed by atoms with Crippen molar-refractivity contribution in [1.82, 2.24) is 9.19 Å². The molecule has 20 heavy (non-hydrogen) atoms. The fourth-order valence-corrected chi connectivity index (χ4v) is 3.85. The highest BCUT2D eigenvalue weighted by Crippen LogP contribution is 2.27. The molecule has 0 N–H and O–H groups in total. The second-order valence-electron chi connectivity index (χ2n) is 4.86. The summed E-state index contributed by atoms with van der Waals surface area (Å²) in [4.78, 5) is 0.252. The molecule has 0 spiro atoms. The monoisotopic (exact) mass is 294 g/mol. The van der Waals surface area contributed by atoms with Gasteiger partial charge in [-0.25, -0.2) is 0 Å². The quantitative estimate of drug-likeness (QED) is 0.872. The molecule has 0 amide bonds. The lowest BCUT2D eigenvalue weighted by atomic mass is 10.1. The Morgan fingerprint density at radius 2 is 1.70 bits per heavy atom. The Morgan fingerprint density at radius 3 is 2.20 bits per heavy atom. The molecule has 0 aliphatic carbocycles. The van der Waals surface area contributed by atoms with Crippen LogP contribution in [0.5, 0.6) is 5.75 Å². The van der Waals surface area contributed by atoms with Gasteiger partial charge in [-0.15, -0.1) is 0 Å². The number of methoxy groups -OCH3 is 1. The van der Waals surface area contributed by atoms with Crippen LogP contribution in [-0.2, 0) is 10.0 Å². The molecule has 5 nitrogen and oxygen atoms in total. The molecule has 2 aromatic rings. The minimum atomic E-state index is -3.68. The van der Waals surface area contributed by atoms with Crippen LogP contribution < -0.4 is 4.74 Å². The molecule has 0 saturated heterocycles. The van der Waals surface area contributed by atoms with Gasteiger partial charge < -0.3 is 4.74 Å². The topological polar surface area (TPSA) is 61.2 Å². The average molecular weight is 294 g/mol. The molecule has 0 fully saturated rings. The fourth-order valence-electron chi connectivity index (χ4n) is 2.21. The first-order valence-electron chi connectivity index (χ1n) is 6.21. The van der Waals surface area contributed by atoms with Crippen LogP contribution in [0.25, 0.3) is 0 Å². The van der Waals surface area contributed by atoms with Gasteiger partial charge in [0.1, 0.15) is 5.75 Å². The lowest BCUT2D eigenvalue weighted by molar-refractivity contribution is 0.411. The summed E-state index contributed by atoms with van der Waals surface area (Å²) in [7, 11) is -2.11. The first-order valence-corrected chi connectivity index (χ1v) is 7.65. The summed E-state index contributed by atoms with van der Waals surface area (Å²) < 4.78 is 31.7. The zero-order valence-electron chi connectivity index (χ0n) is 12.3. The van der Waals surface area contributed by atoms with E-state index in [0.717, 1.165) is 9.65 Å². The maximum Gasteiger partial charge on any atom is 0.283 e. The molecule has 0 unspecified atom stereocenters.